The molecule has 154 valence electrons. The van der Waals surface area contributed by atoms with Gasteiger partial charge in [-0.3, -0.25) is 9.52 Å². The van der Waals surface area contributed by atoms with Crippen LogP contribution in [0.2, 0.25) is 0 Å². The highest BCUT2D eigenvalue weighted by atomic mass is 32.2. The Labute approximate surface area is 176 Å². The van der Waals surface area contributed by atoms with Crippen molar-refractivity contribution in [3.8, 4) is 5.75 Å². The molecule has 4 rings (SSSR count). The number of hydrogen-bond acceptors (Lipinski definition) is 4. The molecule has 0 saturated heterocycles. The number of fused-ring (bicyclic) bond motifs is 1. The second-order valence-electron chi connectivity index (χ2n) is 7.26. The summed E-state index contributed by atoms with van der Waals surface area (Å²) in [5.41, 5.74) is 2.89. The molecule has 30 heavy (non-hydrogen) atoms. The third kappa shape index (κ3) is 4.46. The number of rotatable bonds is 6. The maximum absolute atomic E-state index is 12.7. The Kier molecular flexibility index (Phi) is 5.46. The van der Waals surface area contributed by atoms with E-state index in [0.29, 0.717) is 12.2 Å². The Bertz CT molecular complexity index is 1150. The van der Waals surface area contributed by atoms with Crippen LogP contribution in [0, 0.1) is 6.92 Å². The molecule has 7 heteroatoms. The third-order valence-electron chi connectivity index (χ3n) is 4.91. The van der Waals surface area contributed by atoms with Gasteiger partial charge in [-0.05, 0) is 48.9 Å². The van der Waals surface area contributed by atoms with Crippen LogP contribution in [0.15, 0.2) is 77.7 Å². The van der Waals surface area contributed by atoms with Crippen LogP contribution >= 0.6 is 0 Å². The van der Waals surface area contributed by atoms with E-state index in [1.807, 2.05) is 43.3 Å². The molecule has 0 spiro atoms. The van der Waals surface area contributed by atoms with Crippen LogP contribution in [0.1, 0.15) is 21.5 Å². The van der Waals surface area contributed by atoms with Gasteiger partial charge in [0.15, 0.2) is 0 Å². The lowest BCUT2D eigenvalue weighted by Gasteiger charge is -2.13. The Morgan fingerprint density at radius 2 is 1.80 bits per heavy atom. The molecule has 1 heterocycles. The van der Waals surface area contributed by atoms with Crippen LogP contribution < -0.4 is 14.8 Å². The van der Waals surface area contributed by atoms with Gasteiger partial charge < -0.3 is 10.1 Å². The highest BCUT2D eigenvalue weighted by Gasteiger charge is 2.23. The molecule has 1 amide bonds. The van der Waals surface area contributed by atoms with Crippen LogP contribution in [-0.2, 0) is 16.4 Å². The van der Waals surface area contributed by atoms with Crippen LogP contribution in [0.25, 0.3) is 0 Å². The highest BCUT2D eigenvalue weighted by Crippen LogP contribution is 2.27. The van der Waals surface area contributed by atoms with E-state index in [1.165, 1.54) is 12.1 Å². The first-order valence-electron chi connectivity index (χ1n) is 9.63. The fourth-order valence-electron chi connectivity index (χ4n) is 3.32. The van der Waals surface area contributed by atoms with Crippen LogP contribution in [0.3, 0.4) is 0 Å². The SMILES string of the molecule is Cc1ccc(NS(=O)(=O)c2cccc(C(=O)NCC3Cc4ccccc4O3)c2)cc1. The first-order chi connectivity index (χ1) is 14.4. The van der Waals surface area contributed by atoms with Crippen molar-refractivity contribution in [3.63, 3.8) is 0 Å². The largest absolute Gasteiger partial charge is 0.488 e. The van der Waals surface area contributed by atoms with Gasteiger partial charge in [-0.15, -0.1) is 0 Å². The van der Waals surface area contributed by atoms with E-state index < -0.39 is 10.0 Å². The molecule has 0 aliphatic carbocycles. The molecule has 3 aromatic carbocycles. The summed E-state index contributed by atoms with van der Waals surface area (Å²) in [6.45, 7) is 2.27. The monoisotopic (exact) mass is 422 g/mol. The van der Waals surface area contributed by atoms with Crippen LogP contribution in [-0.4, -0.2) is 27.0 Å². The lowest BCUT2D eigenvalue weighted by Crippen LogP contribution is -2.34. The van der Waals surface area contributed by atoms with E-state index in [4.69, 9.17) is 4.74 Å². The smallest absolute Gasteiger partial charge is 0.261 e. The minimum Gasteiger partial charge on any atom is -0.488 e. The molecule has 0 bridgehead atoms. The van der Waals surface area contributed by atoms with Gasteiger partial charge in [-0.2, -0.15) is 0 Å². The van der Waals surface area contributed by atoms with Crippen molar-refractivity contribution in [2.45, 2.75) is 24.3 Å². The Morgan fingerprint density at radius 1 is 1.03 bits per heavy atom. The zero-order valence-corrected chi connectivity index (χ0v) is 17.3. The maximum Gasteiger partial charge on any atom is 0.261 e. The van der Waals surface area contributed by atoms with E-state index in [9.17, 15) is 13.2 Å². The molecule has 0 fully saturated rings. The van der Waals surface area contributed by atoms with Crippen molar-refractivity contribution >= 4 is 21.6 Å². The lowest BCUT2D eigenvalue weighted by atomic mass is 10.1. The number of hydrogen-bond donors (Lipinski definition) is 2. The van der Waals surface area contributed by atoms with Gasteiger partial charge in [0.25, 0.3) is 15.9 Å². The molecule has 1 atom stereocenters. The summed E-state index contributed by atoms with van der Waals surface area (Å²) in [4.78, 5) is 12.6. The Balaban J connectivity index is 1.41. The summed E-state index contributed by atoms with van der Waals surface area (Å²) in [6.07, 6.45) is 0.590. The minimum absolute atomic E-state index is 0.0280. The first-order valence-corrected chi connectivity index (χ1v) is 11.1. The molecule has 2 N–H and O–H groups in total. The first kappa shape index (κ1) is 20.0. The lowest BCUT2D eigenvalue weighted by molar-refractivity contribution is 0.0933. The van der Waals surface area contributed by atoms with Crippen molar-refractivity contribution in [2.24, 2.45) is 0 Å². The summed E-state index contributed by atoms with van der Waals surface area (Å²) in [6, 6.07) is 20.8. The molecule has 0 saturated carbocycles. The second kappa shape index (κ2) is 8.20. The minimum atomic E-state index is -3.80. The number of benzene rings is 3. The molecule has 1 aliphatic rings. The van der Waals surface area contributed by atoms with E-state index in [2.05, 4.69) is 10.0 Å². The van der Waals surface area contributed by atoms with E-state index in [1.54, 1.807) is 24.3 Å². The van der Waals surface area contributed by atoms with Crippen molar-refractivity contribution in [1.29, 1.82) is 0 Å². The predicted octanol–water partition coefficient (Wildman–Crippen LogP) is 3.53. The zero-order chi connectivity index (χ0) is 21.1. The number of ether oxygens (including phenoxy) is 1. The number of aryl methyl sites for hydroxylation is 1. The Morgan fingerprint density at radius 3 is 2.57 bits per heavy atom. The molecule has 3 aromatic rings. The van der Waals surface area contributed by atoms with Gasteiger partial charge in [0.2, 0.25) is 0 Å². The van der Waals surface area contributed by atoms with Gasteiger partial charge in [0.1, 0.15) is 11.9 Å². The average Bonchev–Trinajstić information content (AvgIpc) is 3.17. The van der Waals surface area contributed by atoms with Gasteiger partial charge >= 0.3 is 0 Å². The number of anilines is 1. The average molecular weight is 423 g/mol. The molecule has 1 unspecified atom stereocenters. The summed E-state index contributed by atoms with van der Waals surface area (Å²) in [5, 5.41) is 2.83. The quantitative estimate of drug-likeness (QED) is 0.637. The summed E-state index contributed by atoms with van der Waals surface area (Å²) in [5.74, 6) is 0.494. The number of carbonyl (C=O) groups excluding carboxylic acids is 1. The van der Waals surface area contributed by atoms with Crippen LogP contribution in [0.5, 0.6) is 5.75 Å². The topological polar surface area (TPSA) is 84.5 Å². The molecule has 0 radical (unpaired) electrons. The predicted molar refractivity (Wildman–Crippen MR) is 115 cm³/mol. The summed E-state index contributed by atoms with van der Waals surface area (Å²) >= 11 is 0. The van der Waals surface area contributed by atoms with Gasteiger partial charge in [-0.1, -0.05) is 42.0 Å². The fraction of sp³-hybridized carbons (Fsp3) is 0.174. The third-order valence-corrected chi connectivity index (χ3v) is 6.29. The van der Waals surface area contributed by atoms with Gasteiger partial charge in [0, 0.05) is 17.7 Å². The highest BCUT2D eigenvalue weighted by molar-refractivity contribution is 7.92. The number of amides is 1. The number of nitrogens with one attached hydrogen (secondary N) is 2. The van der Waals surface area contributed by atoms with Crippen molar-refractivity contribution in [3.05, 3.63) is 89.5 Å². The van der Waals surface area contributed by atoms with Gasteiger partial charge in [0.05, 0.1) is 11.4 Å². The molecule has 1 aliphatic heterocycles. The molecular formula is C23H22N2O4S. The van der Waals surface area contributed by atoms with Gasteiger partial charge in [-0.25, -0.2) is 8.42 Å². The fourth-order valence-corrected chi connectivity index (χ4v) is 4.42. The molecule has 6 nitrogen and oxygen atoms in total. The Hall–Kier alpha value is -3.32. The maximum atomic E-state index is 12.7. The van der Waals surface area contributed by atoms with E-state index in [0.717, 1.165) is 23.3 Å². The number of carbonyl (C=O) groups is 1. The van der Waals surface area contributed by atoms with E-state index >= 15 is 0 Å². The molecule has 0 aromatic heterocycles. The standard InChI is InChI=1S/C23H22N2O4S/c1-16-9-11-19(12-10-16)25-30(27,28)21-7-4-6-18(14-21)23(26)24-15-20-13-17-5-2-3-8-22(17)29-20/h2-12,14,20,25H,13,15H2,1H3,(H,24,26). The van der Waals surface area contributed by atoms with E-state index in [-0.39, 0.29) is 22.5 Å². The van der Waals surface area contributed by atoms with Crippen LogP contribution in [0.4, 0.5) is 5.69 Å². The zero-order valence-electron chi connectivity index (χ0n) is 16.5. The second-order valence-corrected chi connectivity index (χ2v) is 8.94. The summed E-state index contributed by atoms with van der Waals surface area (Å²) in [7, 11) is -3.80. The number of sulfonamides is 1. The molecular weight excluding hydrogens is 400 g/mol. The summed E-state index contributed by atoms with van der Waals surface area (Å²) < 4.78 is 33.7. The normalized spacial score (nSPS) is 15.2. The van der Waals surface area contributed by atoms with Crippen molar-refractivity contribution < 1.29 is 17.9 Å². The number of para-hydroxylation sites is 1. The van der Waals surface area contributed by atoms with Crippen molar-refractivity contribution in [1.82, 2.24) is 5.32 Å². The van der Waals surface area contributed by atoms with Crippen molar-refractivity contribution in [2.75, 3.05) is 11.3 Å².